The largest absolute Gasteiger partial charge is 0.382 e. The van der Waals surface area contributed by atoms with Crippen LogP contribution in [0.3, 0.4) is 0 Å². The molecular formula is C17H20ClNO3S. The van der Waals surface area contributed by atoms with Crippen LogP contribution in [0.25, 0.3) is 0 Å². The summed E-state index contributed by atoms with van der Waals surface area (Å²) >= 11 is 7.56. The summed E-state index contributed by atoms with van der Waals surface area (Å²) in [6, 6.07) is 11.3. The molecule has 0 aliphatic heterocycles. The molecule has 0 spiro atoms. The van der Waals surface area contributed by atoms with Gasteiger partial charge in [0.1, 0.15) is 0 Å². The van der Waals surface area contributed by atoms with Crippen LogP contribution in [0, 0.1) is 0 Å². The molecule has 4 nitrogen and oxygen atoms in total. The van der Waals surface area contributed by atoms with Crippen molar-refractivity contribution >= 4 is 28.8 Å². The Kier molecular flexibility index (Phi) is 7.55. The van der Waals surface area contributed by atoms with Crippen LogP contribution in [0.4, 0.5) is 0 Å². The number of thiophene rings is 1. The van der Waals surface area contributed by atoms with Crippen molar-refractivity contribution in [2.75, 3.05) is 26.9 Å². The van der Waals surface area contributed by atoms with Gasteiger partial charge in [0.15, 0.2) is 0 Å². The highest BCUT2D eigenvalue weighted by Crippen LogP contribution is 2.27. The van der Waals surface area contributed by atoms with Gasteiger partial charge in [0, 0.05) is 23.4 Å². The summed E-state index contributed by atoms with van der Waals surface area (Å²) in [4.78, 5) is 13.3. The minimum absolute atomic E-state index is 0.0456. The van der Waals surface area contributed by atoms with Crippen molar-refractivity contribution < 1.29 is 14.3 Å². The summed E-state index contributed by atoms with van der Waals surface area (Å²) in [5.74, 6) is -0.0456. The van der Waals surface area contributed by atoms with E-state index in [4.69, 9.17) is 21.1 Å². The molecule has 0 bridgehead atoms. The summed E-state index contributed by atoms with van der Waals surface area (Å²) in [5, 5.41) is 5.74. The van der Waals surface area contributed by atoms with Crippen molar-refractivity contribution in [3.05, 3.63) is 57.2 Å². The number of hydrogen-bond acceptors (Lipinski definition) is 4. The molecule has 1 aromatic heterocycles. The quantitative estimate of drug-likeness (QED) is 0.700. The molecule has 1 atom stereocenters. The lowest BCUT2D eigenvalue weighted by Crippen LogP contribution is -2.29. The number of nitrogens with one attached hydrogen (secondary N) is 1. The van der Waals surface area contributed by atoms with Gasteiger partial charge >= 0.3 is 0 Å². The number of ether oxygens (including phenoxy) is 2. The summed E-state index contributed by atoms with van der Waals surface area (Å²) in [5.41, 5.74) is 1.01. The molecule has 23 heavy (non-hydrogen) atoms. The Morgan fingerprint density at radius 2 is 2.00 bits per heavy atom. The van der Waals surface area contributed by atoms with Gasteiger partial charge in [-0.3, -0.25) is 4.79 Å². The third kappa shape index (κ3) is 5.95. The Labute approximate surface area is 145 Å². The Hall–Kier alpha value is -1.40. The van der Waals surface area contributed by atoms with E-state index in [0.717, 1.165) is 10.4 Å². The van der Waals surface area contributed by atoms with E-state index in [9.17, 15) is 4.79 Å². The SMILES string of the molecule is COCCOCCC(=O)N[C@H](c1ccc(Cl)cc1)c1cccs1. The predicted molar refractivity (Wildman–Crippen MR) is 93.1 cm³/mol. The van der Waals surface area contributed by atoms with Gasteiger partial charge in [-0.2, -0.15) is 0 Å². The molecule has 6 heteroatoms. The fourth-order valence-corrected chi connectivity index (χ4v) is 3.00. The van der Waals surface area contributed by atoms with E-state index in [1.165, 1.54) is 0 Å². The molecule has 2 aromatic rings. The summed E-state index contributed by atoms with van der Waals surface area (Å²) in [6.07, 6.45) is 0.319. The third-order valence-electron chi connectivity index (χ3n) is 3.24. The first kappa shape index (κ1) is 17.9. The van der Waals surface area contributed by atoms with Gasteiger partial charge < -0.3 is 14.8 Å². The first-order valence-electron chi connectivity index (χ1n) is 7.35. The second-order valence-corrected chi connectivity index (χ2v) is 6.34. The summed E-state index contributed by atoms with van der Waals surface area (Å²) < 4.78 is 10.2. The van der Waals surface area contributed by atoms with E-state index in [2.05, 4.69) is 5.32 Å². The van der Waals surface area contributed by atoms with Crippen LogP contribution in [0.2, 0.25) is 5.02 Å². The van der Waals surface area contributed by atoms with Crippen LogP contribution < -0.4 is 5.32 Å². The van der Waals surface area contributed by atoms with Crippen LogP contribution in [0.5, 0.6) is 0 Å². The zero-order valence-corrected chi connectivity index (χ0v) is 14.5. The van der Waals surface area contributed by atoms with E-state index < -0.39 is 0 Å². The average molecular weight is 354 g/mol. The van der Waals surface area contributed by atoms with Gasteiger partial charge in [-0.1, -0.05) is 29.8 Å². The number of carbonyl (C=O) groups excluding carboxylic acids is 1. The molecule has 1 amide bonds. The summed E-state index contributed by atoms with van der Waals surface area (Å²) in [7, 11) is 1.62. The minimum atomic E-state index is -0.168. The van der Waals surface area contributed by atoms with E-state index in [1.807, 2.05) is 41.8 Å². The number of hydrogen-bond donors (Lipinski definition) is 1. The fourth-order valence-electron chi connectivity index (χ4n) is 2.07. The van der Waals surface area contributed by atoms with Crippen LogP contribution >= 0.6 is 22.9 Å². The predicted octanol–water partition coefficient (Wildman–Crippen LogP) is 3.66. The van der Waals surface area contributed by atoms with Gasteiger partial charge in [-0.15, -0.1) is 11.3 Å². The second-order valence-electron chi connectivity index (χ2n) is 4.92. The monoisotopic (exact) mass is 353 g/mol. The van der Waals surface area contributed by atoms with Crippen LogP contribution in [-0.4, -0.2) is 32.8 Å². The summed E-state index contributed by atoms with van der Waals surface area (Å²) in [6.45, 7) is 1.41. The second kappa shape index (κ2) is 9.67. The number of benzene rings is 1. The van der Waals surface area contributed by atoms with Crippen molar-refractivity contribution in [3.8, 4) is 0 Å². The lowest BCUT2D eigenvalue weighted by Gasteiger charge is -2.18. The van der Waals surface area contributed by atoms with E-state index in [1.54, 1.807) is 18.4 Å². The smallest absolute Gasteiger partial charge is 0.223 e. The Morgan fingerprint density at radius 1 is 1.22 bits per heavy atom. The zero-order valence-electron chi connectivity index (χ0n) is 13.0. The zero-order chi connectivity index (χ0) is 16.5. The molecule has 1 heterocycles. The maximum atomic E-state index is 12.2. The highest BCUT2D eigenvalue weighted by Gasteiger charge is 2.17. The first-order chi connectivity index (χ1) is 11.2. The van der Waals surface area contributed by atoms with Crippen molar-refractivity contribution in [3.63, 3.8) is 0 Å². The third-order valence-corrected chi connectivity index (χ3v) is 4.43. The molecule has 0 aliphatic rings. The molecule has 0 unspecified atom stereocenters. The van der Waals surface area contributed by atoms with Crippen LogP contribution in [0.1, 0.15) is 22.9 Å². The molecule has 1 aromatic carbocycles. The highest BCUT2D eigenvalue weighted by atomic mass is 35.5. The van der Waals surface area contributed by atoms with Crippen LogP contribution in [0.15, 0.2) is 41.8 Å². The molecule has 0 radical (unpaired) electrons. The number of rotatable bonds is 9. The van der Waals surface area contributed by atoms with E-state index >= 15 is 0 Å². The van der Waals surface area contributed by atoms with Crippen molar-refractivity contribution in [2.24, 2.45) is 0 Å². The number of carbonyl (C=O) groups is 1. The fraction of sp³-hybridized carbons (Fsp3) is 0.353. The Balaban J connectivity index is 1.96. The van der Waals surface area contributed by atoms with Gasteiger partial charge in [0.25, 0.3) is 0 Å². The van der Waals surface area contributed by atoms with E-state index in [-0.39, 0.29) is 11.9 Å². The molecular weight excluding hydrogens is 334 g/mol. The Morgan fingerprint density at radius 3 is 2.65 bits per heavy atom. The van der Waals surface area contributed by atoms with Gasteiger partial charge in [0.05, 0.1) is 25.9 Å². The molecule has 2 rings (SSSR count). The van der Waals surface area contributed by atoms with Gasteiger partial charge in [-0.25, -0.2) is 0 Å². The molecule has 0 saturated heterocycles. The minimum Gasteiger partial charge on any atom is -0.382 e. The first-order valence-corrected chi connectivity index (χ1v) is 8.61. The van der Waals surface area contributed by atoms with Gasteiger partial charge in [0.2, 0.25) is 5.91 Å². The molecule has 0 fully saturated rings. The average Bonchev–Trinajstić information content (AvgIpc) is 3.07. The molecule has 0 aliphatic carbocycles. The number of halogens is 1. The topological polar surface area (TPSA) is 47.6 Å². The normalized spacial score (nSPS) is 12.1. The van der Waals surface area contributed by atoms with Gasteiger partial charge in [-0.05, 0) is 29.1 Å². The van der Waals surface area contributed by atoms with Crippen molar-refractivity contribution in [1.82, 2.24) is 5.32 Å². The van der Waals surface area contributed by atoms with Crippen LogP contribution in [-0.2, 0) is 14.3 Å². The number of methoxy groups -OCH3 is 1. The maximum Gasteiger partial charge on any atom is 0.223 e. The standard InChI is InChI=1S/C17H20ClNO3S/c1-21-10-11-22-9-8-16(20)19-17(15-3-2-12-23-15)13-4-6-14(18)7-5-13/h2-7,12,17H,8-11H2,1H3,(H,19,20)/t17-/m1/s1. The molecule has 124 valence electrons. The van der Waals surface area contributed by atoms with Crippen molar-refractivity contribution in [1.29, 1.82) is 0 Å². The van der Waals surface area contributed by atoms with E-state index in [0.29, 0.717) is 31.3 Å². The molecule has 0 saturated carbocycles. The lowest BCUT2D eigenvalue weighted by molar-refractivity contribution is -0.122. The van der Waals surface area contributed by atoms with Crippen molar-refractivity contribution in [2.45, 2.75) is 12.5 Å². The number of amides is 1. The Bertz CT molecular complexity index is 586. The maximum absolute atomic E-state index is 12.2. The lowest BCUT2D eigenvalue weighted by atomic mass is 10.1. The molecule has 1 N–H and O–H groups in total. The highest BCUT2D eigenvalue weighted by molar-refractivity contribution is 7.10.